The number of hydrogen-bond acceptors (Lipinski definition) is 3. The standard InChI is InChI=1S/C13H17N3O2/c1-10(2)8-15-16-12(17)9-14-13(18)11-6-4-3-5-7-11/h3-8,15H,9H2,1-2H3,(H,14,18)(H,16,17). The topological polar surface area (TPSA) is 70.2 Å². The molecule has 0 heterocycles. The second-order valence-electron chi connectivity index (χ2n) is 3.96. The van der Waals surface area contributed by atoms with Gasteiger partial charge in [-0.15, -0.1) is 0 Å². The van der Waals surface area contributed by atoms with Crippen LogP contribution in [0.15, 0.2) is 42.1 Å². The molecule has 1 aromatic rings. The van der Waals surface area contributed by atoms with Gasteiger partial charge >= 0.3 is 0 Å². The third kappa shape index (κ3) is 5.16. The Morgan fingerprint density at radius 3 is 2.44 bits per heavy atom. The molecule has 0 unspecified atom stereocenters. The molecule has 0 fully saturated rings. The van der Waals surface area contributed by atoms with E-state index in [9.17, 15) is 9.59 Å². The second-order valence-corrected chi connectivity index (χ2v) is 3.96. The van der Waals surface area contributed by atoms with Crippen molar-refractivity contribution in [3.05, 3.63) is 47.7 Å². The summed E-state index contributed by atoms with van der Waals surface area (Å²) in [5.41, 5.74) is 6.64. The number of nitrogens with one attached hydrogen (secondary N) is 3. The molecule has 0 atom stereocenters. The number of allylic oxidation sites excluding steroid dienone is 1. The van der Waals surface area contributed by atoms with Crippen molar-refractivity contribution in [1.82, 2.24) is 16.2 Å². The summed E-state index contributed by atoms with van der Waals surface area (Å²) < 4.78 is 0. The zero-order chi connectivity index (χ0) is 13.4. The molecule has 1 aromatic carbocycles. The Kier molecular flexibility index (Phi) is 5.44. The van der Waals surface area contributed by atoms with Gasteiger partial charge in [-0.05, 0) is 26.0 Å². The first-order valence-electron chi connectivity index (χ1n) is 5.60. The molecular weight excluding hydrogens is 230 g/mol. The van der Waals surface area contributed by atoms with Crippen molar-refractivity contribution < 1.29 is 9.59 Å². The third-order valence-electron chi connectivity index (χ3n) is 2.02. The Morgan fingerprint density at radius 2 is 1.83 bits per heavy atom. The van der Waals surface area contributed by atoms with Crippen molar-refractivity contribution in [2.24, 2.45) is 0 Å². The normalized spacial score (nSPS) is 9.22. The van der Waals surface area contributed by atoms with Gasteiger partial charge in [0.05, 0.1) is 6.54 Å². The SMILES string of the molecule is CC(C)=CNNC(=O)CNC(=O)c1ccccc1. The predicted molar refractivity (Wildman–Crippen MR) is 69.5 cm³/mol. The zero-order valence-electron chi connectivity index (χ0n) is 10.5. The van der Waals surface area contributed by atoms with Crippen LogP contribution in [0.1, 0.15) is 24.2 Å². The smallest absolute Gasteiger partial charge is 0.257 e. The number of amides is 2. The maximum Gasteiger partial charge on any atom is 0.257 e. The van der Waals surface area contributed by atoms with Crippen molar-refractivity contribution in [3.63, 3.8) is 0 Å². The fourth-order valence-electron chi connectivity index (χ4n) is 1.16. The van der Waals surface area contributed by atoms with Gasteiger partial charge in [0.1, 0.15) is 0 Å². The summed E-state index contributed by atoms with van der Waals surface area (Å²) in [7, 11) is 0. The molecule has 0 saturated carbocycles. The highest BCUT2D eigenvalue weighted by molar-refractivity contribution is 5.96. The molecule has 1 rings (SSSR count). The van der Waals surface area contributed by atoms with E-state index in [0.717, 1.165) is 5.57 Å². The number of hydrazine groups is 1. The van der Waals surface area contributed by atoms with Crippen molar-refractivity contribution in [1.29, 1.82) is 0 Å². The van der Waals surface area contributed by atoms with Gasteiger partial charge in [-0.1, -0.05) is 23.8 Å². The highest BCUT2D eigenvalue weighted by Crippen LogP contribution is 1.96. The highest BCUT2D eigenvalue weighted by atomic mass is 16.2. The molecule has 18 heavy (non-hydrogen) atoms. The minimum atomic E-state index is -0.309. The van der Waals surface area contributed by atoms with E-state index in [4.69, 9.17) is 0 Å². The van der Waals surface area contributed by atoms with Crippen molar-refractivity contribution in [2.75, 3.05) is 6.54 Å². The van der Waals surface area contributed by atoms with Gasteiger partial charge in [0.2, 0.25) is 0 Å². The van der Waals surface area contributed by atoms with Gasteiger partial charge in [0, 0.05) is 11.8 Å². The van der Waals surface area contributed by atoms with E-state index in [2.05, 4.69) is 16.2 Å². The van der Waals surface area contributed by atoms with Gasteiger partial charge in [-0.3, -0.25) is 15.0 Å². The highest BCUT2D eigenvalue weighted by Gasteiger charge is 2.06. The maximum atomic E-state index is 11.6. The first-order chi connectivity index (χ1) is 8.59. The minimum absolute atomic E-state index is 0.0721. The van der Waals surface area contributed by atoms with Crippen LogP contribution in [0.4, 0.5) is 0 Å². The van der Waals surface area contributed by atoms with Gasteiger partial charge < -0.3 is 10.7 Å². The van der Waals surface area contributed by atoms with E-state index in [0.29, 0.717) is 5.56 Å². The summed E-state index contributed by atoms with van der Waals surface area (Å²) in [5.74, 6) is -0.579. The molecule has 0 aliphatic heterocycles. The van der Waals surface area contributed by atoms with Gasteiger partial charge in [-0.2, -0.15) is 0 Å². The lowest BCUT2D eigenvalue weighted by Crippen LogP contribution is -2.41. The van der Waals surface area contributed by atoms with Crippen LogP contribution >= 0.6 is 0 Å². The maximum absolute atomic E-state index is 11.6. The van der Waals surface area contributed by atoms with E-state index in [1.807, 2.05) is 19.9 Å². The monoisotopic (exact) mass is 247 g/mol. The Labute approximate surface area is 106 Å². The number of carbonyl (C=O) groups excluding carboxylic acids is 2. The molecule has 0 spiro atoms. The van der Waals surface area contributed by atoms with Gasteiger partial charge in [0.15, 0.2) is 0 Å². The van der Waals surface area contributed by atoms with Crippen LogP contribution in [0.2, 0.25) is 0 Å². The number of hydrogen-bond donors (Lipinski definition) is 3. The van der Waals surface area contributed by atoms with E-state index in [1.165, 1.54) is 0 Å². The Hall–Kier alpha value is -2.30. The van der Waals surface area contributed by atoms with Crippen LogP contribution in [0, 0.1) is 0 Å². The Bertz CT molecular complexity index is 437. The summed E-state index contributed by atoms with van der Waals surface area (Å²) >= 11 is 0. The van der Waals surface area contributed by atoms with Crippen LogP contribution in [-0.4, -0.2) is 18.4 Å². The number of carbonyl (C=O) groups is 2. The average Bonchev–Trinajstić information content (AvgIpc) is 2.36. The molecule has 0 aliphatic carbocycles. The largest absolute Gasteiger partial charge is 0.343 e. The predicted octanol–water partition coefficient (Wildman–Crippen LogP) is 0.961. The van der Waals surface area contributed by atoms with Gasteiger partial charge in [0.25, 0.3) is 11.8 Å². The number of rotatable bonds is 5. The molecule has 5 heteroatoms. The zero-order valence-corrected chi connectivity index (χ0v) is 10.5. The molecule has 0 aliphatic rings. The molecular formula is C13H17N3O2. The van der Waals surface area contributed by atoms with Crippen LogP contribution < -0.4 is 16.2 Å². The second kappa shape index (κ2) is 7.11. The fourth-order valence-corrected chi connectivity index (χ4v) is 1.16. The van der Waals surface area contributed by atoms with Crippen LogP contribution in [-0.2, 0) is 4.79 Å². The molecule has 0 aromatic heterocycles. The van der Waals surface area contributed by atoms with E-state index >= 15 is 0 Å². The summed E-state index contributed by atoms with van der Waals surface area (Å²) in [6, 6.07) is 8.74. The molecule has 96 valence electrons. The summed E-state index contributed by atoms with van der Waals surface area (Å²) in [6.07, 6.45) is 1.66. The third-order valence-corrected chi connectivity index (χ3v) is 2.02. The Balaban J connectivity index is 2.31. The molecule has 3 N–H and O–H groups in total. The van der Waals surface area contributed by atoms with Gasteiger partial charge in [-0.25, -0.2) is 0 Å². The lowest BCUT2D eigenvalue weighted by atomic mass is 10.2. The quantitative estimate of drug-likeness (QED) is 0.679. The summed E-state index contributed by atoms with van der Waals surface area (Å²) in [4.78, 5) is 23.0. The van der Waals surface area contributed by atoms with Crippen LogP contribution in [0.5, 0.6) is 0 Å². The van der Waals surface area contributed by atoms with E-state index in [1.54, 1.807) is 30.5 Å². The van der Waals surface area contributed by atoms with E-state index < -0.39 is 0 Å². The molecule has 0 bridgehead atoms. The fraction of sp³-hybridized carbons (Fsp3) is 0.231. The molecule has 0 radical (unpaired) electrons. The minimum Gasteiger partial charge on any atom is -0.343 e. The summed E-state index contributed by atoms with van der Waals surface area (Å²) in [6.45, 7) is 3.73. The van der Waals surface area contributed by atoms with E-state index in [-0.39, 0.29) is 18.4 Å². The lowest BCUT2D eigenvalue weighted by Gasteiger charge is -2.06. The van der Waals surface area contributed by atoms with Crippen LogP contribution in [0.3, 0.4) is 0 Å². The molecule has 5 nitrogen and oxygen atoms in total. The van der Waals surface area contributed by atoms with Crippen LogP contribution in [0.25, 0.3) is 0 Å². The molecule has 2 amide bonds. The summed E-state index contributed by atoms with van der Waals surface area (Å²) in [5, 5.41) is 2.53. The first-order valence-corrected chi connectivity index (χ1v) is 5.60. The van der Waals surface area contributed by atoms with Crippen molar-refractivity contribution in [3.8, 4) is 0 Å². The van der Waals surface area contributed by atoms with Crippen molar-refractivity contribution >= 4 is 11.8 Å². The molecule has 0 saturated heterocycles. The lowest BCUT2D eigenvalue weighted by molar-refractivity contribution is -0.120. The van der Waals surface area contributed by atoms with Crippen molar-refractivity contribution in [2.45, 2.75) is 13.8 Å². The Morgan fingerprint density at radius 1 is 1.17 bits per heavy atom. The average molecular weight is 247 g/mol. The number of benzene rings is 1. The first kappa shape index (κ1) is 13.8.